The highest BCUT2D eigenvalue weighted by Gasteiger charge is 2.04. The zero-order valence-corrected chi connectivity index (χ0v) is 13.4. The lowest BCUT2D eigenvalue weighted by Crippen LogP contribution is -2.14. The minimum Gasteiger partial charge on any atom is -0.466 e. The van der Waals surface area contributed by atoms with E-state index in [1.54, 1.807) is 19.1 Å². The summed E-state index contributed by atoms with van der Waals surface area (Å²) < 4.78 is 9.36. The number of allylic oxidation sites excluding steroid dienone is 1. The van der Waals surface area contributed by atoms with Gasteiger partial charge in [0.1, 0.15) is 0 Å². The zero-order chi connectivity index (χ0) is 16.9. The molecule has 0 bridgehead atoms. The minimum absolute atomic E-state index is 0.318. The third-order valence-electron chi connectivity index (χ3n) is 2.79. The smallest absolute Gasteiger partial charge is 0.411 e. The Morgan fingerprint density at radius 3 is 2.83 bits per heavy atom. The molecule has 1 amide bonds. The SMILES string of the molecule is CCOC(=O)Nc1ccccc1C#CCCC/C=C/C(=O)OC. The summed E-state index contributed by atoms with van der Waals surface area (Å²) in [6, 6.07) is 7.30. The molecule has 23 heavy (non-hydrogen) atoms. The Balaban J connectivity index is 2.50. The van der Waals surface area contributed by atoms with Crippen molar-refractivity contribution >= 4 is 17.7 Å². The van der Waals surface area contributed by atoms with Gasteiger partial charge in [-0.2, -0.15) is 0 Å². The van der Waals surface area contributed by atoms with E-state index in [1.165, 1.54) is 13.2 Å². The van der Waals surface area contributed by atoms with Gasteiger partial charge in [0.05, 0.1) is 19.4 Å². The maximum absolute atomic E-state index is 11.5. The van der Waals surface area contributed by atoms with Crippen LogP contribution < -0.4 is 5.32 Å². The maximum atomic E-state index is 11.5. The summed E-state index contributed by atoms with van der Waals surface area (Å²) in [6.45, 7) is 2.07. The van der Waals surface area contributed by atoms with E-state index in [1.807, 2.05) is 18.2 Å². The Bertz CT molecular complexity index is 611. The number of para-hydroxylation sites is 1. The molecule has 1 aromatic carbocycles. The number of ether oxygens (including phenoxy) is 2. The Morgan fingerprint density at radius 2 is 2.09 bits per heavy atom. The van der Waals surface area contributed by atoms with Crippen LogP contribution in [-0.4, -0.2) is 25.8 Å². The first-order valence-corrected chi connectivity index (χ1v) is 7.43. The van der Waals surface area contributed by atoms with Crippen LogP contribution in [0.4, 0.5) is 10.5 Å². The van der Waals surface area contributed by atoms with Crippen LogP contribution in [0.1, 0.15) is 31.7 Å². The van der Waals surface area contributed by atoms with Crippen molar-refractivity contribution < 1.29 is 19.1 Å². The van der Waals surface area contributed by atoms with Crippen molar-refractivity contribution in [1.82, 2.24) is 0 Å². The first-order chi connectivity index (χ1) is 11.2. The number of anilines is 1. The fourth-order valence-electron chi connectivity index (χ4n) is 1.69. The summed E-state index contributed by atoms with van der Waals surface area (Å²) in [5.74, 6) is 5.74. The molecule has 0 aromatic heterocycles. The summed E-state index contributed by atoms with van der Waals surface area (Å²) in [5.41, 5.74) is 1.37. The lowest BCUT2D eigenvalue weighted by molar-refractivity contribution is -0.134. The van der Waals surface area contributed by atoms with E-state index in [0.29, 0.717) is 18.7 Å². The molecule has 0 saturated carbocycles. The van der Waals surface area contributed by atoms with Gasteiger partial charge in [-0.25, -0.2) is 9.59 Å². The molecule has 122 valence electrons. The summed E-state index contributed by atoms with van der Waals surface area (Å²) >= 11 is 0. The van der Waals surface area contributed by atoms with Crippen LogP contribution >= 0.6 is 0 Å². The highest BCUT2D eigenvalue weighted by Crippen LogP contribution is 2.14. The van der Waals surface area contributed by atoms with Crippen LogP contribution in [0.3, 0.4) is 0 Å². The predicted octanol–water partition coefficient (Wildman–Crippen LogP) is 3.51. The molecule has 0 spiro atoms. The molecule has 1 N–H and O–H groups in total. The molecule has 1 rings (SSSR count). The van der Waals surface area contributed by atoms with E-state index < -0.39 is 6.09 Å². The van der Waals surface area contributed by atoms with E-state index in [-0.39, 0.29) is 5.97 Å². The first kappa shape index (κ1) is 18.3. The number of carbonyl (C=O) groups is 2. The molecule has 0 radical (unpaired) electrons. The van der Waals surface area contributed by atoms with Crippen LogP contribution in [0, 0.1) is 11.8 Å². The molecule has 0 fully saturated rings. The number of methoxy groups -OCH3 is 1. The summed E-state index contributed by atoms with van der Waals surface area (Å²) in [6.07, 6.45) is 4.98. The van der Waals surface area contributed by atoms with Gasteiger partial charge in [0.25, 0.3) is 0 Å². The third kappa shape index (κ3) is 7.72. The van der Waals surface area contributed by atoms with Crippen molar-refractivity contribution in [2.24, 2.45) is 0 Å². The maximum Gasteiger partial charge on any atom is 0.411 e. The van der Waals surface area contributed by atoms with Gasteiger partial charge in [-0.3, -0.25) is 5.32 Å². The number of hydrogen-bond acceptors (Lipinski definition) is 4. The molecule has 0 heterocycles. The van der Waals surface area contributed by atoms with E-state index >= 15 is 0 Å². The molecule has 5 nitrogen and oxygen atoms in total. The van der Waals surface area contributed by atoms with Gasteiger partial charge in [-0.1, -0.05) is 30.0 Å². The average molecular weight is 315 g/mol. The summed E-state index contributed by atoms with van der Waals surface area (Å²) in [4.78, 5) is 22.3. The lowest BCUT2D eigenvalue weighted by Gasteiger charge is -2.06. The van der Waals surface area contributed by atoms with Crippen molar-refractivity contribution in [3.8, 4) is 11.8 Å². The molecule has 0 aliphatic rings. The van der Waals surface area contributed by atoms with Crippen LogP contribution in [0.2, 0.25) is 0 Å². The van der Waals surface area contributed by atoms with Crippen LogP contribution in [0.5, 0.6) is 0 Å². The van der Waals surface area contributed by atoms with Gasteiger partial charge < -0.3 is 9.47 Å². The van der Waals surface area contributed by atoms with Gasteiger partial charge in [-0.15, -0.1) is 0 Å². The van der Waals surface area contributed by atoms with Gasteiger partial charge in [0.15, 0.2) is 0 Å². The highest BCUT2D eigenvalue weighted by molar-refractivity contribution is 5.86. The second-order valence-corrected chi connectivity index (χ2v) is 4.51. The molecule has 5 heteroatoms. The van der Waals surface area contributed by atoms with Gasteiger partial charge in [0.2, 0.25) is 0 Å². The summed E-state index contributed by atoms with van der Waals surface area (Å²) in [7, 11) is 1.35. The molecule has 0 atom stereocenters. The average Bonchev–Trinajstić information content (AvgIpc) is 2.55. The van der Waals surface area contributed by atoms with Gasteiger partial charge >= 0.3 is 12.1 Å². The molecular formula is C18H21NO4. The van der Waals surface area contributed by atoms with Crippen molar-refractivity contribution in [1.29, 1.82) is 0 Å². The molecule has 0 saturated heterocycles. The second-order valence-electron chi connectivity index (χ2n) is 4.51. The number of hydrogen-bond donors (Lipinski definition) is 1. The number of benzene rings is 1. The number of nitrogens with one attached hydrogen (secondary N) is 1. The van der Waals surface area contributed by atoms with Crippen molar-refractivity contribution in [3.05, 3.63) is 42.0 Å². The third-order valence-corrected chi connectivity index (χ3v) is 2.79. The quantitative estimate of drug-likeness (QED) is 0.378. The van der Waals surface area contributed by atoms with Crippen molar-refractivity contribution in [2.75, 3.05) is 19.0 Å². The first-order valence-electron chi connectivity index (χ1n) is 7.43. The standard InChI is InChI=1S/C18H21NO4/c1-3-23-18(21)19-16-13-10-9-12-15(16)11-7-5-4-6-8-14-17(20)22-2/h8-10,12-14H,3-6H2,1-2H3,(H,19,21)/b14-8+. The van der Waals surface area contributed by atoms with E-state index in [2.05, 4.69) is 21.9 Å². The Labute approximate surface area is 136 Å². The van der Waals surface area contributed by atoms with E-state index in [4.69, 9.17) is 4.74 Å². The lowest BCUT2D eigenvalue weighted by atomic mass is 10.1. The summed E-state index contributed by atoms with van der Waals surface area (Å²) in [5, 5.41) is 2.67. The number of esters is 1. The highest BCUT2D eigenvalue weighted by atomic mass is 16.5. The van der Waals surface area contributed by atoms with Gasteiger partial charge in [0, 0.05) is 18.1 Å². The van der Waals surface area contributed by atoms with Crippen LogP contribution in [-0.2, 0) is 14.3 Å². The van der Waals surface area contributed by atoms with E-state index in [0.717, 1.165) is 18.4 Å². The Hall–Kier alpha value is -2.74. The second kappa shape index (κ2) is 10.9. The Morgan fingerprint density at radius 1 is 1.30 bits per heavy atom. The number of amides is 1. The predicted molar refractivity (Wildman–Crippen MR) is 89.0 cm³/mol. The molecule has 0 aliphatic heterocycles. The fourth-order valence-corrected chi connectivity index (χ4v) is 1.69. The van der Waals surface area contributed by atoms with Crippen LogP contribution in [0.25, 0.3) is 0 Å². The number of rotatable bonds is 6. The molecule has 0 aliphatic carbocycles. The van der Waals surface area contributed by atoms with Crippen molar-refractivity contribution in [3.63, 3.8) is 0 Å². The number of carbonyl (C=O) groups excluding carboxylic acids is 2. The largest absolute Gasteiger partial charge is 0.466 e. The topological polar surface area (TPSA) is 64.6 Å². The minimum atomic E-state index is -0.491. The zero-order valence-electron chi connectivity index (χ0n) is 13.4. The van der Waals surface area contributed by atoms with Crippen molar-refractivity contribution in [2.45, 2.75) is 26.2 Å². The monoisotopic (exact) mass is 315 g/mol. The van der Waals surface area contributed by atoms with E-state index in [9.17, 15) is 9.59 Å². The molecule has 1 aromatic rings. The Kier molecular flexibility index (Phi) is 8.69. The van der Waals surface area contributed by atoms with Crippen LogP contribution in [0.15, 0.2) is 36.4 Å². The molecule has 0 unspecified atom stereocenters. The molecular weight excluding hydrogens is 294 g/mol. The normalized spacial score (nSPS) is 9.83. The van der Waals surface area contributed by atoms with Gasteiger partial charge in [-0.05, 0) is 31.9 Å². The number of unbranched alkanes of at least 4 members (excludes halogenated alkanes) is 2. The fraction of sp³-hybridized carbons (Fsp3) is 0.333.